The minimum Gasteiger partial charge on any atom is -0.497 e. The zero-order valence-electron chi connectivity index (χ0n) is 19.6. The largest absolute Gasteiger partial charge is 0.497 e. The lowest BCUT2D eigenvalue weighted by molar-refractivity contribution is -0.118. The molecular formula is C28H30O5. The second kappa shape index (κ2) is 10.3. The molecule has 0 saturated carbocycles. The zero-order chi connectivity index (χ0) is 24.0. The van der Waals surface area contributed by atoms with Crippen LogP contribution in [-0.4, -0.2) is 24.0 Å². The smallest absolute Gasteiger partial charge is 0.335 e. The van der Waals surface area contributed by atoms with Crippen LogP contribution in [0.4, 0.5) is 0 Å². The molecule has 33 heavy (non-hydrogen) atoms. The van der Waals surface area contributed by atoms with Crippen LogP contribution >= 0.6 is 0 Å². The lowest BCUT2D eigenvalue weighted by Crippen LogP contribution is -2.18. The first-order chi connectivity index (χ1) is 15.7. The average Bonchev–Trinajstić information content (AvgIpc) is 2.79. The third kappa shape index (κ3) is 5.80. The molecule has 0 aliphatic carbocycles. The van der Waals surface area contributed by atoms with Crippen molar-refractivity contribution in [3.63, 3.8) is 0 Å². The molecule has 3 aromatic carbocycles. The number of carbonyl (C=O) groups excluding carboxylic acids is 1. The summed E-state index contributed by atoms with van der Waals surface area (Å²) >= 11 is 0. The number of carbonyl (C=O) groups is 2. The third-order valence-corrected chi connectivity index (χ3v) is 5.85. The molecule has 0 aliphatic rings. The van der Waals surface area contributed by atoms with Gasteiger partial charge in [0.15, 0.2) is 0 Å². The maximum Gasteiger partial charge on any atom is 0.335 e. The van der Waals surface area contributed by atoms with Gasteiger partial charge in [-0.25, -0.2) is 4.79 Å². The Balaban J connectivity index is 1.80. The molecule has 0 unspecified atom stereocenters. The fourth-order valence-corrected chi connectivity index (χ4v) is 3.82. The molecule has 3 aromatic rings. The fourth-order valence-electron chi connectivity index (χ4n) is 3.82. The lowest BCUT2D eigenvalue weighted by Gasteiger charge is -2.26. The van der Waals surface area contributed by atoms with E-state index < -0.39 is 5.97 Å². The summed E-state index contributed by atoms with van der Waals surface area (Å²) in [6, 6.07) is 20.6. The SMILES string of the molecule is CCCC(=O)Cc1cc(Oc2ccc(C(C)(C)c3ccc(OC)cc3)cc2)ccc1C(=O)O. The number of ether oxygens (including phenoxy) is 2. The summed E-state index contributed by atoms with van der Waals surface area (Å²) in [6.07, 6.45) is 1.24. The topological polar surface area (TPSA) is 72.8 Å². The highest BCUT2D eigenvalue weighted by atomic mass is 16.5. The van der Waals surface area contributed by atoms with Crippen LogP contribution in [0, 0.1) is 0 Å². The summed E-state index contributed by atoms with van der Waals surface area (Å²) in [5, 5.41) is 9.46. The first kappa shape index (κ1) is 24.1. The highest BCUT2D eigenvalue weighted by molar-refractivity contribution is 5.92. The van der Waals surface area contributed by atoms with Crippen molar-refractivity contribution in [2.75, 3.05) is 7.11 Å². The van der Waals surface area contributed by atoms with E-state index in [4.69, 9.17) is 9.47 Å². The number of carboxylic acids is 1. The van der Waals surface area contributed by atoms with Gasteiger partial charge in [0.25, 0.3) is 0 Å². The van der Waals surface area contributed by atoms with Gasteiger partial charge in [-0.2, -0.15) is 0 Å². The van der Waals surface area contributed by atoms with Gasteiger partial charge in [0, 0.05) is 18.3 Å². The van der Waals surface area contributed by atoms with Crippen LogP contribution in [0.15, 0.2) is 66.7 Å². The molecule has 0 fully saturated rings. The van der Waals surface area contributed by atoms with E-state index in [1.165, 1.54) is 11.6 Å². The summed E-state index contributed by atoms with van der Waals surface area (Å²) in [7, 11) is 1.65. The van der Waals surface area contributed by atoms with E-state index >= 15 is 0 Å². The molecule has 172 valence electrons. The molecule has 5 nitrogen and oxygen atoms in total. The van der Waals surface area contributed by atoms with Gasteiger partial charge in [0.05, 0.1) is 12.7 Å². The monoisotopic (exact) mass is 446 g/mol. The summed E-state index contributed by atoms with van der Waals surface area (Å²) in [5.41, 5.74) is 2.69. The second-order valence-electron chi connectivity index (χ2n) is 8.57. The molecule has 0 atom stereocenters. The standard InChI is InChI=1S/C28H30O5/c1-5-6-22(29)17-19-18-25(15-16-26(19)27(30)31)33-24-13-9-21(10-14-24)28(2,3)20-7-11-23(32-4)12-8-20/h7-16,18H,5-6,17H2,1-4H3,(H,30,31). The Hall–Kier alpha value is -3.60. The Kier molecular flexibility index (Phi) is 7.54. The van der Waals surface area contributed by atoms with Crippen LogP contribution in [0.25, 0.3) is 0 Å². The Bertz CT molecular complexity index is 1110. The quantitative estimate of drug-likeness (QED) is 0.389. The number of aromatic carboxylic acids is 1. The highest BCUT2D eigenvalue weighted by Gasteiger charge is 2.23. The van der Waals surface area contributed by atoms with Crippen molar-refractivity contribution < 1.29 is 24.2 Å². The first-order valence-corrected chi connectivity index (χ1v) is 11.1. The fraction of sp³-hybridized carbons (Fsp3) is 0.286. The van der Waals surface area contributed by atoms with Gasteiger partial charge in [0.2, 0.25) is 0 Å². The Labute approximate surface area is 195 Å². The second-order valence-corrected chi connectivity index (χ2v) is 8.57. The molecule has 1 N–H and O–H groups in total. The average molecular weight is 447 g/mol. The Morgan fingerprint density at radius 1 is 0.848 bits per heavy atom. The van der Waals surface area contributed by atoms with Gasteiger partial charge >= 0.3 is 5.97 Å². The van der Waals surface area contributed by atoms with Crippen molar-refractivity contribution in [1.82, 2.24) is 0 Å². The number of Topliss-reactive ketones (excluding diaryl/α,β-unsaturated/α-hetero) is 1. The van der Waals surface area contributed by atoms with Crippen LogP contribution < -0.4 is 9.47 Å². The van der Waals surface area contributed by atoms with E-state index in [-0.39, 0.29) is 23.2 Å². The van der Waals surface area contributed by atoms with Gasteiger partial charge in [-0.1, -0.05) is 45.0 Å². The van der Waals surface area contributed by atoms with E-state index in [0.717, 1.165) is 17.7 Å². The van der Waals surface area contributed by atoms with Gasteiger partial charge < -0.3 is 14.6 Å². The molecule has 0 aliphatic heterocycles. The summed E-state index contributed by atoms with van der Waals surface area (Å²) in [6.45, 7) is 6.25. The molecule has 0 spiro atoms. The van der Waals surface area contributed by atoms with Crippen LogP contribution in [0.1, 0.15) is 60.7 Å². The summed E-state index contributed by atoms with van der Waals surface area (Å²) in [5.74, 6) is 0.927. The van der Waals surface area contributed by atoms with Crippen LogP contribution in [0.3, 0.4) is 0 Å². The predicted octanol–water partition coefficient (Wildman–Crippen LogP) is 6.42. The zero-order valence-corrected chi connectivity index (χ0v) is 19.6. The van der Waals surface area contributed by atoms with E-state index in [0.29, 0.717) is 23.5 Å². The normalized spacial score (nSPS) is 11.2. The number of ketones is 1. The summed E-state index contributed by atoms with van der Waals surface area (Å²) in [4.78, 5) is 23.7. The maximum absolute atomic E-state index is 12.1. The first-order valence-electron chi connectivity index (χ1n) is 11.1. The minimum absolute atomic E-state index is 0.0160. The van der Waals surface area contributed by atoms with E-state index in [1.807, 2.05) is 43.3 Å². The minimum atomic E-state index is -1.05. The van der Waals surface area contributed by atoms with Crippen LogP contribution in [0.2, 0.25) is 0 Å². The van der Waals surface area contributed by atoms with Crippen LogP contribution in [-0.2, 0) is 16.6 Å². The molecular weight excluding hydrogens is 416 g/mol. The molecule has 5 heteroatoms. The maximum atomic E-state index is 12.1. The number of hydrogen-bond acceptors (Lipinski definition) is 4. The third-order valence-electron chi connectivity index (χ3n) is 5.85. The molecule has 0 radical (unpaired) electrons. The van der Waals surface area contributed by atoms with E-state index in [9.17, 15) is 14.7 Å². The van der Waals surface area contributed by atoms with Crippen molar-refractivity contribution in [2.24, 2.45) is 0 Å². The van der Waals surface area contributed by atoms with E-state index in [1.54, 1.807) is 19.2 Å². The Morgan fingerprint density at radius 3 is 1.91 bits per heavy atom. The van der Waals surface area contributed by atoms with Crippen molar-refractivity contribution in [3.8, 4) is 17.2 Å². The highest BCUT2D eigenvalue weighted by Crippen LogP contribution is 2.34. The van der Waals surface area contributed by atoms with Gasteiger partial charge in [-0.05, 0) is 65.6 Å². The van der Waals surface area contributed by atoms with Crippen molar-refractivity contribution in [2.45, 2.75) is 45.4 Å². The number of hydrogen-bond donors (Lipinski definition) is 1. The lowest BCUT2D eigenvalue weighted by atomic mass is 9.78. The summed E-state index contributed by atoms with van der Waals surface area (Å²) < 4.78 is 11.2. The van der Waals surface area contributed by atoms with Gasteiger partial charge in [0.1, 0.15) is 23.0 Å². The molecule has 0 bridgehead atoms. The Morgan fingerprint density at radius 2 is 1.39 bits per heavy atom. The van der Waals surface area contributed by atoms with Crippen molar-refractivity contribution >= 4 is 11.8 Å². The molecule has 0 heterocycles. The number of rotatable bonds is 10. The van der Waals surface area contributed by atoms with Crippen molar-refractivity contribution in [1.29, 1.82) is 0 Å². The number of methoxy groups -OCH3 is 1. The predicted molar refractivity (Wildman–Crippen MR) is 129 cm³/mol. The van der Waals surface area contributed by atoms with Gasteiger partial charge in [-0.15, -0.1) is 0 Å². The molecule has 0 amide bonds. The van der Waals surface area contributed by atoms with Crippen molar-refractivity contribution in [3.05, 3.63) is 89.0 Å². The molecule has 0 saturated heterocycles. The molecule has 0 aromatic heterocycles. The number of benzene rings is 3. The van der Waals surface area contributed by atoms with E-state index in [2.05, 4.69) is 26.0 Å². The number of carboxylic acid groups (broad SMARTS) is 1. The molecule has 3 rings (SSSR count). The van der Waals surface area contributed by atoms with Gasteiger partial charge in [-0.3, -0.25) is 4.79 Å². The van der Waals surface area contributed by atoms with Crippen LogP contribution in [0.5, 0.6) is 17.2 Å².